The van der Waals surface area contributed by atoms with E-state index in [-0.39, 0.29) is 12.0 Å². The van der Waals surface area contributed by atoms with Crippen LogP contribution in [0.4, 0.5) is 5.69 Å². The second kappa shape index (κ2) is 11.3. The molecule has 0 unspecified atom stereocenters. The summed E-state index contributed by atoms with van der Waals surface area (Å²) in [5, 5.41) is 13.3. The fraction of sp³-hybridized carbons (Fsp3) is 0.500. The van der Waals surface area contributed by atoms with Crippen molar-refractivity contribution in [3.8, 4) is 5.75 Å². The lowest BCUT2D eigenvalue weighted by Crippen LogP contribution is -2.43. The van der Waals surface area contributed by atoms with Crippen LogP contribution in [0, 0.1) is 0 Å². The smallest absolute Gasteiger partial charge is 0.226 e. The monoisotopic (exact) mass is 491 g/mol. The van der Waals surface area contributed by atoms with E-state index in [0.29, 0.717) is 38.4 Å². The van der Waals surface area contributed by atoms with Gasteiger partial charge in [0.1, 0.15) is 11.6 Å². The van der Waals surface area contributed by atoms with Crippen molar-refractivity contribution in [2.24, 2.45) is 0 Å². The van der Waals surface area contributed by atoms with Gasteiger partial charge in [-0.3, -0.25) is 4.79 Å². The summed E-state index contributed by atoms with van der Waals surface area (Å²) in [5.41, 5.74) is 4.26. The van der Waals surface area contributed by atoms with Crippen LogP contribution in [0.3, 0.4) is 0 Å². The van der Waals surface area contributed by atoms with Crippen molar-refractivity contribution in [1.82, 2.24) is 20.2 Å². The highest BCUT2D eigenvalue weighted by Crippen LogP contribution is 2.22. The molecule has 36 heavy (non-hydrogen) atoms. The number of anilines is 1. The molecule has 2 fully saturated rings. The minimum atomic E-state index is -0.255. The van der Waals surface area contributed by atoms with E-state index < -0.39 is 0 Å². The van der Waals surface area contributed by atoms with Crippen LogP contribution in [0.5, 0.6) is 5.75 Å². The summed E-state index contributed by atoms with van der Waals surface area (Å²) in [6.45, 7) is 4.27. The number of hydrogen-bond acceptors (Lipinski definition) is 6. The number of hydrogen-bond donors (Lipinski definition) is 3. The molecule has 1 amide bonds. The fourth-order valence-corrected chi connectivity index (χ4v) is 5.25. The van der Waals surface area contributed by atoms with Crippen LogP contribution in [-0.2, 0) is 17.6 Å². The average Bonchev–Trinajstić information content (AvgIpc) is 3.32. The minimum Gasteiger partial charge on any atom is -0.497 e. The number of likely N-dealkylation sites (tertiary alicyclic amines) is 1. The van der Waals surface area contributed by atoms with Gasteiger partial charge in [-0.2, -0.15) is 0 Å². The number of carbonyl (C=O) groups excluding carboxylic acids is 1. The first kappa shape index (κ1) is 24.6. The van der Waals surface area contributed by atoms with Gasteiger partial charge in [0.25, 0.3) is 0 Å². The van der Waals surface area contributed by atoms with Crippen LogP contribution in [0.1, 0.15) is 37.1 Å². The van der Waals surface area contributed by atoms with Crippen molar-refractivity contribution in [2.45, 2.75) is 50.7 Å². The Kier molecular flexibility index (Phi) is 7.72. The molecule has 5 rings (SSSR count). The van der Waals surface area contributed by atoms with Crippen LogP contribution >= 0.6 is 0 Å². The lowest BCUT2D eigenvalue weighted by atomic mass is 10.0. The lowest BCUT2D eigenvalue weighted by molar-refractivity contribution is -0.132. The molecule has 8 nitrogen and oxygen atoms in total. The number of nitrogens with one attached hydrogen (secondary N) is 2. The predicted octanol–water partition coefficient (Wildman–Crippen LogP) is 2.90. The number of H-pyrrole nitrogens is 1. The molecule has 2 saturated heterocycles. The molecule has 0 saturated carbocycles. The summed E-state index contributed by atoms with van der Waals surface area (Å²) in [4.78, 5) is 25.0. The SMILES string of the molecule is COc1ccc2nc(CCNC3CCN(c4ccc(CC(=O)N5CCC(O)CC5)cc4)CC3)[nH]c2c1. The Balaban J connectivity index is 1.04. The molecular formula is C28H37N5O3. The number of piperidine rings is 2. The maximum atomic E-state index is 12.6. The van der Waals surface area contributed by atoms with Crippen LogP contribution < -0.4 is 15.0 Å². The number of nitrogens with zero attached hydrogens (tertiary/aromatic N) is 3. The van der Waals surface area contributed by atoms with Crippen LogP contribution in [-0.4, -0.2) is 77.9 Å². The number of methoxy groups -OCH3 is 1. The van der Waals surface area contributed by atoms with E-state index in [1.165, 1.54) is 5.69 Å². The van der Waals surface area contributed by atoms with Gasteiger partial charge in [0, 0.05) is 56.9 Å². The number of aliphatic hydroxyl groups excluding tert-OH is 1. The number of benzene rings is 2. The Labute approximate surface area is 212 Å². The van der Waals surface area contributed by atoms with E-state index in [0.717, 1.165) is 67.1 Å². The third-order valence-corrected chi connectivity index (χ3v) is 7.50. The number of aliphatic hydroxyl groups is 1. The van der Waals surface area contributed by atoms with Crippen LogP contribution in [0.25, 0.3) is 11.0 Å². The maximum absolute atomic E-state index is 12.6. The summed E-state index contributed by atoms with van der Waals surface area (Å²) in [6.07, 6.45) is 4.64. The molecule has 0 aliphatic carbocycles. The number of imidazole rings is 1. The summed E-state index contributed by atoms with van der Waals surface area (Å²) in [7, 11) is 1.68. The molecule has 0 spiro atoms. The first-order valence-corrected chi connectivity index (χ1v) is 13.1. The first-order valence-electron chi connectivity index (χ1n) is 13.1. The maximum Gasteiger partial charge on any atom is 0.226 e. The molecule has 0 radical (unpaired) electrons. The van der Waals surface area contributed by atoms with E-state index in [2.05, 4.69) is 44.5 Å². The van der Waals surface area contributed by atoms with Crippen molar-refractivity contribution < 1.29 is 14.6 Å². The molecule has 8 heteroatoms. The average molecular weight is 492 g/mol. The van der Waals surface area contributed by atoms with Gasteiger partial charge >= 0.3 is 0 Å². The standard InChI is InChI=1S/C28H37N5O3/c1-36-24-6-7-25-26(19-24)31-27(30-25)8-13-29-21-9-14-32(15-10-21)22-4-2-20(3-5-22)18-28(35)33-16-11-23(34)12-17-33/h2-7,19,21,23,29,34H,8-18H2,1H3,(H,30,31). The Hall–Kier alpha value is -3.10. The summed E-state index contributed by atoms with van der Waals surface area (Å²) >= 11 is 0. The molecule has 3 heterocycles. The van der Waals surface area contributed by atoms with Gasteiger partial charge in [0.05, 0.1) is 30.7 Å². The van der Waals surface area contributed by atoms with Gasteiger partial charge in [-0.1, -0.05) is 12.1 Å². The molecule has 3 aromatic rings. The summed E-state index contributed by atoms with van der Waals surface area (Å²) in [6, 6.07) is 14.9. The van der Waals surface area contributed by atoms with Gasteiger partial charge in [-0.15, -0.1) is 0 Å². The minimum absolute atomic E-state index is 0.156. The number of ether oxygens (including phenoxy) is 1. The Bertz CT molecular complexity index is 1150. The highest BCUT2D eigenvalue weighted by Gasteiger charge is 2.22. The summed E-state index contributed by atoms with van der Waals surface area (Å²) < 4.78 is 5.29. The predicted molar refractivity (Wildman–Crippen MR) is 142 cm³/mol. The van der Waals surface area contributed by atoms with E-state index >= 15 is 0 Å². The first-order chi connectivity index (χ1) is 17.6. The lowest BCUT2D eigenvalue weighted by Gasteiger charge is -2.34. The normalized spacial score (nSPS) is 17.6. The molecule has 0 atom stereocenters. The molecule has 2 aliphatic heterocycles. The molecule has 1 aromatic heterocycles. The van der Waals surface area contributed by atoms with Gasteiger partial charge in [-0.25, -0.2) is 4.98 Å². The van der Waals surface area contributed by atoms with E-state index in [1.807, 2.05) is 23.1 Å². The number of carbonyl (C=O) groups is 1. The number of aromatic nitrogens is 2. The number of aromatic amines is 1. The molecule has 2 aromatic carbocycles. The van der Waals surface area contributed by atoms with Crippen molar-refractivity contribution >= 4 is 22.6 Å². The molecule has 0 bridgehead atoms. The Morgan fingerprint density at radius 2 is 1.83 bits per heavy atom. The molecular weight excluding hydrogens is 454 g/mol. The van der Waals surface area contributed by atoms with Crippen LogP contribution in [0.15, 0.2) is 42.5 Å². The third-order valence-electron chi connectivity index (χ3n) is 7.50. The van der Waals surface area contributed by atoms with Gasteiger partial charge in [0.15, 0.2) is 0 Å². The van der Waals surface area contributed by atoms with Gasteiger partial charge < -0.3 is 29.9 Å². The largest absolute Gasteiger partial charge is 0.497 e. The third kappa shape index (κ3) is 5.99. The molecule has 192 valence electrons. The van der Waals surface area contributed by atoms with E-state index in [4.69, 9.17) is 4.74 Å². The Morgan fingerprint density at radius 1 is 1.08 bits per heavy atom. The number of fused-ring (bicyclic) bond motifs is 1. The Morgan fingerprint density at radius 3 is 2.56 bits per heavy atom. The molecule has 2 aliphatic rings. The van der Waals surface area contributed by atoms with E-state index in [1.54, 1.807) is 7.11 Å². The number of rotatable bonds is 8. The summed E-state index contributed by atoms with van der Waals surface area (Å²) in [5.74, 6) is 1.99. The zero-order valence-electron chi connectivity index (χ0n) is 21.1. The zero-order chi connectivity index (χ0) is 24.9. The van der Waals surface area contributed by atoms with Crippen molar-refractivity contribution in [3.05, 3.63) is 53.9 Å². The van der Waals surface area contributed by atoms with Gasteiger partial charge in [-0.05, 0) is 55.5 Å². The second-order valence-corrected chi connectivity index (χ2v) is 9.99. The fourth-order valence-electron chi connectivity index (χ4n) is 5.25. The topological polar surface area (TPSA) is 93.7 Å². The van der Waals surface area contributed by atoms with Crippen molar-refractivity contribution in [1.29, 1.82) is 0 Å². The zero-order valence-corrected chi connectivity index (χ0v) is 21.1. The van der Waals surface area contributed by atoms with Crippen molar-refractivity contribution in [3.63, 3.8) is 0 Å². The second-order valence-electron chi connectivity index (χ2n) is 9.99. The quantitative estimate of drug-likeness (QED) is 0.449. The van der Waals surface area contributed by atoms with Gasteiger partial charge in [0.2, 0.25) is 5.91 Å². The molecule has 3 N–H and O–H groups in total. The highest BCUT2D eigenvalue weighted by atomic mass is 16.5. The van der Waals surface area contributed by atoms with Crippen molar-refractivity contribution in [2.75, 3.05) is 44.7 Å². The number of amides is 1. The highest BCUT2D eigenvalue weighted by molar-refractivity contribution is 5.79. The van der Waals surface area contributed by atoms with E-state index in [9.17, 15) is 9.90 Å². The van der Waals surface area contributed by atoms with Crippen LogP contribution in [0.2, 0.25) is 0 Å².